The maximum atomic E-state index is 13.3. The summed E-state index contributed by atoms with van der Waals surface area (Å²) in [6.07, 6.45) is 6.90. The predicted molar refractivity (Wildman–Crippen MR) is 166 cm³/mol. The van der Waals surface area contributed by atoms with Gasteiger partial charge in [-0.15, -0.1) is 11.3 Å². The summed E-state index contributed by atoms with van der Waals surface area (Å²) in [5.74, 6) is 0.314. The topological polar surface area (TPSA) is 61.4 Å². The quantitative estimate of drug-likeness (QED) is 0.299. The zero-order chi connectivity index (χ0) is 28.4. The molecule has 0 saturated carbocycles. The Balaban J connectivity index is 0.00000134. The number of nitrogens with zero attached hydrogens (tertiary/aromatic N) is 1. The second-order valence-electron chi connectivity index (χ2n) is 9.90. The van der Waals surface area contributed by atoms with Gasteiger partial charge in [-0.05, 0) is 84.0 Å². The first-order chi connectivity index (χ1) is 18.8. The highest BCUT2D eigenvalue weighted by Gasteiger charge is 2.25. The molecule has 4 rings (SSSR count). The SMILES string of the molecule is C=C/C(=C\NC)c1ccc(C2CCN(C(=O)c3ccc(C)c(NC(=O)c4sccc4C)c3)CC2)cc1.CCC. The molecule has 0 spiro atoms. The van der Waals surface area contributed by atoms with Crippen molar-refractivity contribution in [2.45, 2.75) is 52.9 Å². The minimum absolute atomic E-state index is 0.0134. The number of carbonyl (C=O) groups excluding carboxylic acids is 2. The minimum atomic E-state index is -0.135. The molecular weight excluding hydrogens is 502 g/mol. The minimum Gasteiger partial charge on any atom is -0.393 e. The van der Waals surface area contributed by atoms with Gasteiger partial charge in [0, 0.05) is 37.6 Å². The lowest BCUT2D eigenvalue weighted by atomic mass is 9.88. The number of amides is 2. The van der Waals surface area contributed by atoms with Gasteiger partial charge in [0.15, 0.2) is 0 Å². The fraction of sp³-hybridized carbons (Fsp3) is 0.333. The molecule has 0 aliphatic carbocycles. The summed E-state index contributed by atoms with van der Waals surface area (Å²) in [6.45, 7) is 13.4. The molecule has 1 saturated heterocycles. The van der Waals surface area contributed by atoms with Crippen molar-refractivity contribution in [3.8, 4) is 0 Å². The molecule has 1 aliphatic heterocycles. The van der Waals surface area contributed by atoms with Crippen molar-refractivity contribution in [3.05, 3.63) is 105 Å². The number of allylic oxidation sites excluding steroid dienone is 2. The van der Waals surface area contributed by atoms with E-state index in [1.807, 2.05) is 61.7 Å². The first-order valence-corrected chi connectivity index (χ1v) is 14.6. The Morgan fingerprint density at radius 1 is 1.00 bits per heavy atom. The van der Waals surface area contributed by atoms with Crippen molar-refractivity contribution < 1.29 is 9.59 Å². The normalized spacial score (nSPS) is 13.8. The van der Waals surface area contributed by atoms with E-state index in [1.165, 1.54) is 23.3 Å². The molecular formula is C33H41N3O2S. The van der Waals surface area contributed by atoms with Crippen LogP contribution in [0.15, 0.2) is 72.8 Å². The van der Waals surface area contributed by atoms with Crippen LogP contribution in [0.25, 0.3) is 5.57 Å². The third kappa shape index (κ3) is 7.70. The fourth-order valence-corrected chi connectivity index (χ4v) is 5.46. The number of piperidine rings is 1. The Hall–Kier alpha value is -3.64. The molecule has 39 heavy (non-hydrogen) atoms. The van der Waals surface area contributed by atoms with E-state index in [1.54, 1.807) is 6.07 Å². The number of likely N-dealkylation sites (tertiary alicyclic amines) is 1. The van der Waals surface area contributed by atoms with Crippen LogP contribution in [0.5, 0.6) is 0 Å². The highest BCUT2D eigenvalue weighted by molar-refractivity contribution is 7.12. The highest BCUT2D eigenvalue weighted by atomic mass is 32.1. The standard InChI is InChI=1S/C30H33N3O2S.C3H8/c1-5-22(19-31-4)23-8-10-24(11-9-23)25-12-15-33(16-13-25)30(35)26-7-6-20(2)27(18-26)32-29(34)28-21(3)14-17-36-28;1-3-2/h5-11,14,17-19,25,31H,1,12-13,15-16H2,2-4H3,(H,32,34);3H2,1-2H3/b22-19+;. The van der Waals surface area contributed by atoms with Gasteiger partial charge in [0.1, 0.15) is 0 Å². The summed E-state index contributed by atoms with van der Waals surface area (Å²) in [7, 11) is 1.88. The lowest BCUT2D eigenvalue weighted by Crippen LogP contribution is -2.38. The van der Waals surface area contributed by atoms with Gasteiger partial charge in [-0.25, -0.2) is 0 Å². The fourth-order valence-electron chi connectivity index (χ4n) is 4.64. The number of aryl methyl sites for hydroxylation is 2. The van der Waals surface area contributed by atoms with Gasteiger partial charge < -0.3 is 15.5 Å². The Labute approximate surface area is 237 Å². The summed E-state index contributed by atoms with van der Waals surface area (Å²) in [5.41, 5.74) is 6.67. The number of thiophene rings is 1. The molecule has 1 aliphatic rings. The predicted octanol–water partition coefficient (Wildman–Crippen LogP) is 7.80. The van der Waals surface area contributed by atoms with Gasteiger partial charge in [0.05, 0.1) is 4.88 Å². The van der Waals surface area contributed by atoms with Gasteiger partial charge in [0.25, 0.3) is 11.8 Å². The van der Waals surface area contributed by atoms with Crippen LogP contribution in [-0.2, 0) is 0 Å². The number of benzene rings is 2. The van der Waals surface area contributed by atoms with E-state index in [0.717, 1.165) is 35.1 Å². The number of carbonyl (C=O) groups is 2. The highest BCUT2D eigenvalue weighted by Crippen LogP contribution is 2.30. The van der Waals surface area contributed by atoms with E-state index in [2.05, 4.69) is 55.3 Å². The van der Waals surface area contributed by atoms with E-state index >= 15 is 0 Å². The second kappa shape index (κ2) is 14.5. The molecule has 0 bridgehead atoms. The van der Waals surface area contributed by atoms with E-state index in [4.69, 9.17) is 0 Å². The Morgan fingerprint density at radius 3 is 2.21 bits per heavy atom. The Kier molecular flexibility index (Phi) is 11.1. The summed E-state index contributed by atoms with van der Waals surface area (Å²) in [5, 5.41) is 7.96. The van der Waals surface area contributed by atoms with Gasteiger partial charge in [0.2, 0.25) is 0 Å². The molecule has 6 heteroatoms. The molecule has 2 amide bonds. The number of nitrogens with one attached hydrogen (secondary N) is 2. The van der Waals surface area contributed by atoms with E-state index in [-0.39, 0.29) is 11.8 Å². The lowest BCUT2D eigenvalue weighted by molar-refractivity contribution is 0.0712. The average Bonchev–Trinajstić information content (AvgIpc) is 3.39. The van der Waals surface area contributed by atoms with Crippen molar-refractivity contribution in [3.63, 3.8) is 0 Å². The van der Waals surface area contributed by atoms with Crippen molar-refractivity contribution in [2.75, 3.05) is 25.5 Å². The molecule has 0 radical (unpaired) electrons. The van der Waals surface area contributed by atoms with Crippen molar-refractivity contribution in [2.24, 2.45) is 0 Å². The third-order valence-corrected chi connectivity index (χ3v) is 7.83. The molecule has 0 atom stereocenters. The molecule has 2 heterocycles. The van der Waals surface area contributed by atoms with Gasteiger partial charge >= 0.3 is 0 Å². The molecule has 0 unspecified atom stereocenters. The maximum absolute atomic E-state index is 13.3. The number of hydrogen-bond donors (Lipinski definition) is 2. The number of anilines is 1. The molecule has 2 N–H and O–H groups in total. The Morgan fingerprint density at radius 2 is 1.64 bits per heavy atom. The second-order valence-corrected chi connectivity index (χ2v) is 10.8. The maximum Gasteiger partial charge on any atom is 0.266 e. The first-order valence-electron chi connectivity index (χ1n) is 13.7. The van der Waals surface area contributed by atoms with Gasteiger partial charge in [-0.2, -0.15) is 0 Å². The van der Waals surface area contributed by atoms with Gasteiger partial charge in [-0.1, -0.05) is 63.3 Å². The third-order valence-electron chi connectivity index (χ3n) is 6.82. The monoisotopic (exact) mass is 543 g/mol. The van der Waals surface area contributed by atoms with Crippen LogP contribution >= 0.6 is 11.3 Å². The summed E-state index contributed by atoms with van der Waals surface area (Å²) in [4.78, 5) is 28.6. The molecule has 206 valence electrons. The van der Waals surface area contributed by atoms with Crippen LogP contribution in [0.1, 0.15) is 81.3 Å². The van der Waals surface area contributed by atoms with Crippen LogP contribution in [0.2, 0.25) is 0 Å². The van der Waals surface area contributed by atoms with Crippen LogP contribution in [-0.4, -0.2) is 36.9 Å². The number of rotatable bonds is 7. The van der Waals surface area contributed by atoms with Crippen LogP contribution in [0.3, 0.4) is 0 Å². The van der Waals surface area contributed by atoms with E-state index in [0.29, 0.717) is 35.1 Å². The summed E-state index contributed by atoms with van der Waals surface area (Å²) >= 11 is 1.42. The molecule has 2 aromatic carbocycles. The van der Waals surface area contributed by atoms with Crippen molar-refractivity contribution in [1.82, 2.24) is 10.2 Å². The Bertz CT molecular complexity index is 1300. The lowest BCUT2D eigenvalue weighted by Gasteiger charge is -2.32. The summed E-state index contributed by atoms with van der Waals surface area (Å²) < 4.78 is 0. The van der Waals surface area contributed by atoms with Crippen LogP contribution in [0, 0.1) is 13.8 Å². The zero-order valence-electron chi connectivity index (χ0n) is 23.8. The first kappa shape index (κ1) is 29.9. The largest absolute Gasteiger partial charge is 0.393 e. The molecule has 3 aromatic rings. The van der Waals surface area contributed by atoms with Gasteiger partial charge in [-0.3, -0.25) is 9.59 Å². The number of hydrogen-bond acceptors (Lipinski definition) is 4. The van der Waals surface area contributed by atoms with E-state index < -0.39 is 0 Å². The zero-order valence-corrected chi connectivity index (χ0v) is 24.7. The van der Waals surface area contributed by atoms with Crippen LogP contribution in [0.4, 0.5) is 5.69 Å². The van der Waals surface area contributed by atoms with E-state index in [9.17, 15) is 9.59 Å². The molecule has 1 aromatic heterocycles. The molecule has 5 nitrogen and oxygen atoms in total. The summed E-state index contributed by atoms with van der Waals surface area (Å²) in [6, 6.07) is 16.1. The average molecular weight is 544 g/mol. The smallest absolute Gasteiger partial charge is 0.266 e. The van der Waals surface area contributed by atoms with Crippen molar-refractivity contribution >= 4 is 34.4 Å². The van der Waals surface area contributed by atoms with Crippen LogP contribution < -0.4 is 10.6 Å². The molecule has 1 fully saturated rings. The van der Waals surface area contributed by atoms with Crippen molar-refractivity contribution in [1.29, 1.82) is 0 Å².